The molecule has 1 aliphatic carbocycles. The van der Waals surface area contributed by atoms with Crippen molar-refractivity contribution in [1.82, 2.24) is 5.32 Å². The SMILES string of the molecule is CCCNC(Cc1c(C)cccc1C)C1CC1C. The molecule has 3 atom stereocenters. The van der Waals surface area contributed by atoms with Gasteiger partial charge in [-0.3, -0.25) is 0 Å². The second-order valence-corrected chi connectivity index (χ2v) is 6.01. The van der Waals surface area contributed by atoms with E-state index in [0.29, 0.717) is 6.04 Å². The van der Waals surface area contributed by atoms with Crippen LogP contribution in [0.25, 0.3) is 0 Å². The van der Waals surface area contributed by atoms with Crippen LogP contribution in [-0.4, -0.2) is 12.6 Å². The molecule has 1 N–H and O–H groups in total. The summed E-state index contributed by atoms with van der Waals surface area (Å²) in [6.07, 6.45) is 3.84. The van der Waals surface area contributed by atoms with Gasteiger partial charge in [-0.05, 0) is 68.2 Å². The minimum absolute atomic E-state index is 0.680. The lowest BCUT2D eigenvalue weighted by Gasteiger charge is -2.21. The summed E-state index contributed by atoms with van der Waals surface area (Å²) in [6, 6.07) is 7.34. The molecule has 1 aliphatic rings. The van der Waals surface area contributed by atoms with E-state index in [1.807, 2.05) is 0 Å². The average molecular weight is 245 g/mol. The Kier molecular flexibility index (Phi) is 4.45. The van der Waals surface area contributed by atoms with Crippen LogP contribution in [0.5, 0.6) is 0 Å². The first-order valence-electron chi connectivity index (χ1n) is 7.42. The summed E-state index contributed by atoms with van der Waals surface area (Å²) >= 11 is 0. The van der Waals surface area contributed by atoms with E-state index in [2.05, 4.69) is 51.2 Å². The molecule has 0 radical (unpaired) electrons. The minimum Gasteiger partial charge on any atom is -0.313 e. The van der Waals surface area contributed by atoms with Crippen LogP contribution in [0.2, 0.25) is 0 Å². The first-order chi connectivity index (χ1) is 8.63. The summed E-state index contributed by atoms with van der Waals surface area (Å²) < 4.78 is 0. The maximum atomic E-state index is 3.76. The molecule has 1 aromatic rings. The monoisotopic (exact) mass is 245 g/mol. The molecular weight excluding hydrogens is 218 g/mol. The van der Waals surface area contributed by atoms with E-state index >= 15 is 0 Å². The van der Waals surface area contributed by atoms with Crippen molar-refractivity contribution in [2.24, 2.45) is 11.8 Å². The third kappa shape index (κ3) is 3.14. The first-order valence-corrected chi connectivity index (χ1v) is 7.42. The predicted octanol–water partition coefficient (Wildman–Crippen LogP) is 3.87. The molecule has 1 saturated carbocycles. The topological polar surface area (TPSA) is 12.0 Å². The van der Waals surface area contributed by atoms with Gasteiger partial charge in [-0.1, -0.05) is 32.0 Å². The maximum absolute atomic E-state index is 3.76. The highest BCUT2D eigenvalue weighted by Gasteiger charge is 2.39. The zero-order valence-electron chi connectivity index (χ0n) is 12.3. The fourth-order valence-corrected chi connectivity index (χ4v) is 3.01. The molecule has 1 heteroatoms. The fraction of sp³-hybridized carbons (Fsp3) is 0.647. The molecule has 0 aliphatic heterocycles. The number of rotatable bonds is 6. The van der Waals surface area contributed by atoms with Gasteiger partial charge in [-0.25, -0.2) is 0 Å². The Labute approximate surface area is 112 Å². The van der Waals surface area contributed by atoms with Crippen molar-refractivity contribution in [2.45, 2.75) is 53.0 Å². The molecule has 0 saturated heterocycles. The van der Waals surface area contributed by atoms with E-state index in [1.54, 1.807) is 5.56 Å². The van der Waals surface area contributed by atoms with E-state index < -0.39 is 0 Å². The van der Waals surface area contributed by atoms with Crippen molar-refractivity contribution in [1.29, 1.82) is 0 Å². The molecule has 0 spiro atoms. The van der Waals surface area contributed by atoms with Crippen LogP contribution in [0.4, 0.5) is 0 Å². The molecule has 0 heterocycles. The Morgan fingerprint density at radius 2 is 1.89 bits per heavy atom. The summed E-state index contributed by atoms with van der Waals surface area (Å²) in [7, 11) is 0. The molecule has 1 nitrogen and oxygen atoms in total. The van der Waals surface area contributed by atoms with E-state index in [1.165, 1.54) is 30.4 Å². The quantitative estimate of drug-likeness (QED) is 0.802. The van der Waals surface area contributed by atoms with Gasteiger partial charge in [-0.15, -0.1) is 0 Å². The normalized spacial score (nSPS) is 24.0. The highest BCUT2D eigenvalue weighted by molar-refractivity contribution is 5.34. The standard InChI is InChI=1S/C17H27N/c1-5-9-18-17(16-10-14(16)4)11-15-12(2)7-6-8-13(15)3/h6-8,14,16-18H,5,9-11H2,1-4H3. The molecule has 0 bridgehead atoms. The van der Waals surface area contributed by atoms with Crippen molar-refractivity contribution in [3.05, 3.63) is 34.9 Å². The third-order valence-electron chi connectivity index (χ3n) is 4.41. The van der Waals surface area contributed by atoms with Crippen LogP contribution in [0.1, 0.15) is 43.4 Å². The number of hydrogen-bond donors (Lipinski definition) is 1. The van der Waals surface area contributed by atoms with Crippen molar-refractivity contribution in [3.8, 4) is 0 Å². The average Bonchev–Trinajstić information content (AvgIpc) is 3.05. The zero-order valence-corrected chi connectivity index (χ0v) is 12.3. The van der Waals surface area contributed by atoms with Crippen molar-refractivity contribution in [3.63, 3.8) is 0 Å². The fourth-order valence-electron chi connectivity index (χ4n) is 3.01. The van der Waals surface area contributed by atoms with Crippen molar-refractivity contribution >= 4 is 0 Å². The molecule has 2 rings (SSSR count). The van der Waals surface area contributed by atoms with Gasteiger partial charge >= 0.3 is 0 Å². The minimum atomic E-state index is 0.680. The lowest BCUT2D eigenvalue weighted by Crippen LogP contribution is -2.34. The second kappa shape index (κ2) is 5.88. The van der Waals surface area contributed by atoms with E-state index in [-0.39, 0.29) is 0 Å². The van der Waals surface area contributed by atoms with Gasteiger partial charge in [0.15, 0.2) is 0 Å². The Morgan fingerprint density at radius 1 is 1.28 bits per heavy atom. The largest absolute Gasteiger partial charge is 0.313 e. The third-order valence-corrected chi connectivity index (χ3v) is 4.41. The van der Waals surface area contributed by atoms with Crippen LogP contribution in [0.15, 0.2) is 18.2 Å². The molecule has 1 fully saturated rings. The lowest BCUT2D eigenvalue weighted by molar-refractivity contribution is 0.442. The van der Waals surface area contributed by atoms with Gasteiger partial charge in [0.2, 0.25) is 0 Å². The number of nitrogens with one attached hydrogen (secondary N) is 1. The highest BCUT2D eigenvalue weighted by atomic mass is 14.9. The highest BCUT2D eigenvalue weighted by Crippen LogP contribution is 2.41. The summed E-state index contributed by atoms with van der Waals surface area (Å²) in [5.74, 6) is 1.82. The van der Waals surface area contributed by atoms with Gasteiger partial charge in [-0.2, -0.15) is 0 Å². The Bertz CT molecular complexity index is 376. The summed E-state index contributed by atoms with van der Waals surface area (Å²) in [6.45, 7) is 10.3. The van der Waals surface area contributed by atoms with E-state index in [0.717, 1.165) is 18.4 Å². The number of benzene rings is 1. The Morgan fingerprint density at radius 3 is 2.39 bits per heavy atom. The van der Waals surface area contributed by atoms with Crippen molar-refractivity contribution in [2.75, 3.05) is 6.54 Å². The van der Waals surface area contributed by atoms with Gasteiger partial charge < -0.3 is 5.32 Å². The van der Waals surface area contributed by atoms with Gasteiger partial charge in [0.05, 0.1) is 0 Å². The smallest absolute Gasteiger partial charge is 0.0139 e. The van der Waals surface area contributed by atoms with Crippen LogP contribution in [-0.2, 0) is 6.42 Å². The molecule has 0 amide bonds. The van der Waals surface area contributed by atoms with Gasteiger partial charge in [0.25, 0.3) is 0 Å². The molecule has 0 aromatic heterocycles. The summed E-state index contributed by atoms with van der Waals surface area (Å²) in [5.41, 5.74) is 4.46. The maximum Gasteiger partial charge on any atom is 0.0139 e. The molecule has 100 valence electrons. The second-order valence-electron chi connectivity index (χ2n) is 6.01. The zero-order chi connectivity index (χ0) is 13.1. The number of aryl methyl sites for hydroxylation is 2. The molecule has 3 unspecified atom stereocenters. The molecular formula is C17H27N. The van der Waals surface area contributed by atoms with Crippen molar-refractivity contribution < 1.29 is 0 Å². The van der Waals surface area contributed by atoms with Gasteiger partial charge in [0, 0.05) is 6.04 Å². The summed E-state index contributed by atoms with van der Waals surface area (Å²) in [5, 5.41) is 3.76. The van der Waals surface area contributed by atoms with E-state index in [9.17, 15) is 0 Å². The van der Waals surface area contributed by atoms with Gasteiger partial charge in [0.1, 0.15) is 0 Å². The molecule has 1 aromatic carbocycles. The van der Waals surface area contributed by atoms with Crippen LogP contribution >= 0.6 is 0 Å². The Balaban J connectivity index is 2.08. The Hall–Kier alpha value is -0.820. The first kappa shape index (κ1) is 13.6. The predicted molar refractivity (Wildman–Crippen MR) is 79.0 cm³/mol. The summed E-state index contributed by atoms with van der Waals surface area (Å²) in [4.78, 5) is 0. The van der Waals surface area contributed by atoms with Crippen LogP contribution in [0.3, 0.4) is 0 Å². The van der Waals surface area contributed by atoms with Crippen LogP contribution in [0, 0.1) is 25.7 Å². The lowest BCUT2D eigenvalue weighted by atomic mass is 9.94. The number of hydrogen-bond acceptors (Lipinski definition) is 1. The van der Waals surface area contributed by atoms with E-state index in [4.69, 9.17) is 0 Å². The van der Waals surface area contributed by atoms with Crippen LogP contribution < -0.4 is 5.32 Å². The molecule has 18 heavy (non-hydrogen) atoms.